The smallest absolute Gasteiger partial charge is 0.225 e. The van der Waals surface area contributed by atoms with E-state index in [0.29, 0.717) is 45.8 Å². The maximum Gasteiger partial charge on any atom is 0.225 e. The normalized spacial score (nSPS) is 22.5. The first kappa shape index (κ1) is 17.4. The van der Waals surface area contributed by atoms with Gasteiger partial charge in [-0.15, -0.1) is 0 Å². The number of rotatable bonds is 4. The van der Waals surface area contributed by atoms with E-state index in [9.17, 15) is 13.2 Å². The SMILES string of the molecule is CS(=O)(=O)N1CCN(C(=O)CC2(n3cccc3)CCOCC2)CC1. The molecule has 0 aromatic carbocycles. The van der Waals surface area contributed by atoms with Gasteiger partial charge in [-0.05, 0) is 25.0 Å². The summed E-state index contributed by atoms with van der Waals surface area (Å²) < 4.78 is 32.2. The molecular formula is C16H25N3O4S. The molecule has 2 saturated heterocycles. The van der Waals surface area contributed by atoms with E-state index in [2.05, 4.69) is 4.57 Å². The molecule has 0 bridgehead atoms. The largest absolute Gasteiger partial charge is 0.381 e. The average Bonchev–Trinajstić information content (AvgIpc) is 3.10. The first-order chi connectivity index (χ1) is 11.4. The number of carbonyl (C=O) groups is 1. The quantitative estimate of drug-likeness (QED) is 0.788. The maximum absolute atomic E-state index is 12.8. The number of sulfonamides is 1. The average molecular weight is 355 g/mol. The fourth-order valence-electron chi connectivity index (χ4n) is 3.59. The highest BCUT2D eigenvalue weighted by Crippen LogP contribution is 2.33. The van der Waals surface area contributed by atoms with Crippen LogP contribution in [0.2, 0.25) is 0 Å². The Kier molecular flexibility index (Phi) is 4.98. The van der Waals surface area contributed by atoms with E-state index in [-0.39, 0.29) is 11.4 Å². The minimum atomic E-state index is -3.18. The Morgan fingerprint density at radius 1 is 1.08 bits per heavy atom. The first-order valence-corrected chi connectivity index (χ1v) is 10.2. The molecular weight excluding hydrogens is 330 g/mol. The molecule has 2 fully saturated rings. The number of hydrogen-bond acceptors (Lipinski definition) is 4. The summed E-state index contributed by atoms with van der Waals surface area (Å²) in [5.41, 5.74) is -0.229. The zero-order valence-electron chi connectivity index (χ0n) is 14.1. The van der Waals surface area contributed by atoms with Gasteiger partial charge in [-0.3, -0.25) is 4.79 Å². The third-order valence-electron chi connectivity index (χ3n) is 5.12. The zero-order valence-corrected chi connectivity index (χ0v) is 14.9. The Morgan fingerprint density at radius 3 is 2.21 bits per heavy atom. The van der Waals surface area contributed by atoms with Gasteiger partial charge in [0, 0.05) is 51.8 Å². The van der Waals surface area contributed by atoms with Gasteiger partial charge in [0.1, 0.15) is 0 Å². The second-order valence-electron chi connectivity index (χ2n) is 6.65. The highest BCUT2D eigenvalue weighted by Gasteiger charge is 2.38. The monoisotopic (exact) mass is 355 g/mol. The van der Waals surface area contributed by atoms with Crippen LogP contribution in [-0.4, -0.2) is 73.7 Å². The van der Waals surface area contributed by atoms with E-state index in [1.54, 1.807) is 4.90 Å². The molecule has 134 valence electrons. The predicted octanol–water partition coefficient (Wildman–Crippen LogP) is 0.488. The third-order valence-corrected chi connectivity index (χ3v) is 6.42. The molecule has 7 nitrogen and oxygen atoms in total. The van der Waals surface area contributed by atoms with Crippen LogP contribution in [0.15, 0.2) is 24.5 Å². The Hall–Kier alpha value is -1.38. The molecule has 0 radical (unpaired) electrons. The molecule has 3 heterocycles. The predicted molar refractivity (Wildman–Crippen MR) is 90.1 cm³/mol. The van der Waals surface area contributed by atoms with Crippen molar-refractivity contribution in [1.29, 1.82) is 0 Å². The molecule has 0 atom stereocenters. The van der Waals surface area contributed by atoms with E-state index >= 15 is 0 Å². The lowest BCUT2D eigenvalue weighted by atomic mass is 9.85. The van der Waals surface area contributed by atoms with Crippen LogP contribution in [0.4, 0.5) is 0 Å². The van der Waals surface area contributed by atoms with Crippen LogP contribution in [0.25, 0.3) is 0 Å². The van der Waals surface area contributed by atoms with Gasteiger partial charge in [0.2, 0.25) is 15.9 Å². The van der Waals surface area contributed by atoms with Crippen LogP contribution < -0.4 is 0 Å². The fourth-order valence-corrected chi connectivity index (χ4v) is 4.42. The lowest BCUT2D eigenvalue weighted by Crippen LogP contribution is -2.52. The van der Waals surface area contributed by atoms with Crippen molar-refractivity contribution in [2.24, 2.45) is 0 Å². The topological polar surface area (TPSA) is 71.9 Å². The maximum atomic E-state index is 12.8. The fraction of sp³-hybridized carbons (Fsp3) is 0.688. The van der Waals surface area contributed by atoms with Crippen molar-refractivity contribution < 1.29 is 17.9 Å². The Balaban J connectivity index is 1.67. The highest BCUT2D eigenvalue weighted by molar-refractivity contribution is 7.88. The van der Waals surface area contributed by atoms with E-state index < -0.39 is 10.0 Å². The minimum absolute atomic E-state index is 0.0961. The van der Waals surface area contributed by atoms with Gasteiger partial charge >= 0.3 is 0 Å². The summed E-state index contributed by atoms with van der Waals surface area (Å²) in [6, 6.07) is 3.96. The number of piperazine rings is 1. The molecule has 0 N–H and O–H groups in total. The number of carbonyl (C=O) groups excluding carboxylic acids is 1. The van der Waals surface area contributed by atoms with Gasteiger partial charge in [-0.1, -0.05) is 0 Å². The Labute approximate surface area is 143 Å². The molecule has 1 aromatic rings. The van der Waals surface area contributed by atoms with Gasteiger partial charge in [-0.2, -0.15) is 4.31 Å². The van der Waals surface area contributed by atoms with Crippen LogP contribution in [0, 0.1) is 0 Å². The van der Waals surface area contributed by atoms with Crippen LogP contribution in [0.3, 0.4) is 0 Å². The van der Waals surface area contributed by atoms with Crippen molar-refractivity contribution in [2.75, 3.05) is 45.6 Å². The number of nitrogens with zero attached hydrogens (tertiary/aromatic N) is 3. The lowest BCUT2D eigenvalue weighted by molar-refractivity contribution is -0.136. The molecule has 0 saturated carbocycles. The molecule has 1 aromatic heterocycles. The minimum Gasteiger partial charge on any atom is -0.381 e. The van der Waals surface area contributed by atoms with Crippen LogP contribution in [-0.2, 0) is 25.1 Å². The van der Waals surface area contributed by atoms with Crippen LogP contribution in [0.5, 0.6) is 0 Å². The molecule has 0 unspecified atom stereocenters. The summed E-state index contributed by atoms with van der Waals surface area (Å²) in [5.74, 6) is 0.0961. The summed E-state index contributed by atoms with van der Waals surface area (Å²) in [7, 11) is -3.18. The first-order valence-electron chi connectivity index (χ1n) is 8.35. The van der Waals surface area contributed by atoms with Crippen LogP contribution in [0.1, 0.15) is 19.3 Å². The lowest BCUT2D eigenvalue weighted by Gasteiger charge is -2.41. The van der Waals surface area contributed by atoms with Gasteiger partial charge in [0.15, 0.2) is 0 Å². The van der Waals surface area contributed by atoms with Crippen molar-refractivity contribution in [3.05, 3.63) is 24.5 Å². The summed E-state index contributed by atoms with van der Waals surface area (Å²) in [5, 5.41) is 0. The van der Waals surface area contributed by atoms with E-state index in [0.717, 1.165) is 12.8 Å². The Bertz CT molecular complexity index is 658. The highest BCUT2D eigenvalue weighted by atomic mass is 32.2. The number of aromatic nitrogens is 1. The molecule has 0 spiro atoms. The standard InChI is InChI=1S/C16H25N3O4S/c1-24(21,22)19-10-8-17(9-11-19)15(20)14-16(4-12-23-13-5-16)18-6-2-3-7-18/h2-3,6-7H,4-5,8-14H2,1H3. The second kappa shape index (κ2) is 6.85. The van der Waals surface area contributed by atoms with Crippen molar-refractivity contribution in [3.8, 4) is 0 Å². The van der Waals surface area contributed by atoms with Crippen molar-refractivity contribution in [3.63, 3.8) is 0 Å². The summed E-state index contributed by atoms with van der Waals surface area (Å²) in [4.78, 5) is 14.6. The number of amides is 1. The number of ether oxygens (including phenoxy) is 1. The molecule has 3 rings (SSSR count). The van der Waals surface area contributed by atoms with Crippen molar-refractivity contribution in [2.45, 2.75) is 24.8 Å². The van der Waals surface area contributed by atoms with E-state index in [1.807, 2.05) is 24.5 Å². The van der Waals surface area contributed by atoms with Gasteiger partial charge in [0.05, 0.1) is 18.2 Å². The molecule has 2 aliphatic heterocycles. The third kappa shape index (κ3) is 3.65. The van der Waals surface area contributed by atoms with E-state index in [1.165, 1.54) is 10.6 Å². The zero-order chi connectivity index (χ0) is 17.2. The van der Waals surface area contributed by atoms with Crippen molar-refractivity contribution in [1.82, 2.24) is 13.8 Å². The molecule has 8 heteroatoms. The molecule has 24 heavy (non-hydrogen) atoms. The van der Waals surface area contributed by atoms with Crippen LogP contribution >= 0.6 is 0 Å². The van der Waals surface area contributed by atoms with E-state index in [4.69, 9.17) is 4.74 Å². The summed E-state index contributed by atoms with van der Waals surface area (Å²) in [6.07, 6.45) is 7.31. The van der Waals surface area contributed by atoms with Gasteiger partial charge < -0.3 is 14.2 Å². The number of hydrogen-bond donors (Lipinski definition) is 0. The molecule has 1 amide bonds. The van der Waals surface area contributed by atoms with Crippen molar-refractivity contribution >= 4 is 15.9 Å². The second-order valence-corrected chi connectivity index (χ2v) is 8.63. The molecule has 0 aliphatic carbocycles. The summed E-state index contributed by atoms with van der Waals surface area (Å²) in [6.45, 7) is 3.00. The Morgan fingerprint density at radius 2 is 1.67 bits per heavy atom. The van der Waals surface area contributed by atoms with Gasteiger partial charge in [-0.25, -0.2) is 8.42 Å². The summed E-state index contributed by atoms with van der Waals surface area (Å²) >= 11 is 0. The van der Waals surface area contributed by atoms with Gasteiger partial charge in [0.25, 0.3) is 0 Å². The molecule has 2 aliphatic rings.